The summed E-state index contributed by atoms with van der Waals surface area (Å²) in [5, 5.41) is 10.8. The average Bonchev–Trinajstić information content (AvgIpc) is 2.36. The zero-order valence-electron chi connectivity index (χ0n) is 10.9. The van der Waals surface area contributed by atoms with Gasteiger partial charge in [-0.15, -0.1) is 0 Å². The molecule has 0 aromatic heterocycles. The highest BCUT2D eigenvalue weighted by atomic mass is 79.9. The highest BCUT2D eigenvalue weighted by molar-refractivity contribution is 9.09. The van der Waals surface area contributed by atoms with Gasteiger partial charge in [0.05, 0.1) is 18.1 Å². The third-order valence-electron chi connectivity index (χ3n) is 2.96. The Morgan fingerprint density at radius 2 is 2.11 bits per heavy atom. The number of methoxy groups -OCH3 is 1. The summed E-state index contributed by atoms with van der Waals surface area (Å²) in [5.74, 6) is 0.954. The van der Waals surface area contributed by atoms with Crippen LogP contribution in [0.15, 0.2) is 18.2 Å². The standard InChI is InChI=1S/C13H18BrNO3/c1-4-13(14)9(2)5-10-6-11(15(16)17)8-12(7-10)18-3/h6-9,13H,4-5H2,1-3H3. The second kappa shape index (κ2) is 6.73. The summed E-state index contributed by atoms with van der Waals surface area (Å²) in [6, 6.07) is 4.92. The summed E-state index contributed by atoms with van der Waals surface area (Å²) in [7, 11) is 1.52. The van der Waals surface area contributed by atoms with Crippen LogP contribution in [0.1, 0.15) is 25.8 Å². The number of rotatable bonds is 6. The summed E-state index contributed by atoms with van der Waals surface area (Å²) < 4.78 is 5.10. The van der Waals surface area contributed by atoms with Gasteiger partial charge >= 0.3 is 0 Å². The van der Waals surface area contributed by atoms with Crippen LogP contribution in [0.5, 0.6) is 5.75 Å². The van der Waals surface area contributed by atoms with Gasteiger partial charge in [0.1, 0.15) is 5.75 Å². The number of halogens is 1. The summed E-state index contributed by atoms with van der Waals surface area (Å²) in [4.78, 5) is 10.9. The van der Waals surface area contributed by atoms with E-state index >= 15 is 0 Å². The first kappa shape index (κ1) is 15.0. The van der Waals surface area contributed by atoms with Gasteiger partial charge in [-0.1, -0.05) is 29.8 Å². The lowest BCUT2D eigenvalue weighted by Gasteiger charge is -2.16. The van der Waals surface area contributed by atoms with E-state index < -0.39 is 0 Å². The van der Waals surface area contributed by atoms with Gasteiger partial charge in [-0.2, -0.15) is 0 Å². The van der Waals surface area contributed by atoms with Gasteiger partial charge in [0.2, 0.25) is 0 Å². The van der Waals surface area contributed by atoms with Crippen molar-refractivity contribution >= 4 is 21.6 Å². The molecule has 0 bridgehead atoms. The number of alkyl halides is 1. The van der Waals surface area contributed by atoms with Crippen molar-refractivity contribution in [2.45, 2.75) is 31.5 Å². The Kier molecular flexibility index (Phi) is 5.59. The number of hydrogen-bond donors (Lipinski definition) is 0. The van der Waals surface area contributed by atoms with Crippen molar-refractivity contribution in [2.24, 2.45) is 5.92 Å². The molecule has 2 atom stereocenters. The van der Waals surface area contributed by atoms with Crippen molar-refractivity contribution in [3.8, 4) is 5.75 Å². The first-order valence-electron chi connectivity index (χ1n) is 5.94. The Hall–Kier alpha value is -1.10. The van der Waals surface area contributed by atoms with Crippen molar-refractivity contribution in [3.05, 3.63) is 33.9 Å². The lowest BCUT2D eigenvalue weighted by molar-refractivity contribution is -0.385. The zero-order valence-corrected chi connectivity index (χ0v) is 12.4. The van der Waals surface area contributed by atoms with Crippen LogP contribution in [0.2, 0.25) is 0 Å². The number of nitro groups is 1. The van der Waals surface area contributed by atoms with E-state index in [1.54, 1.807) is 6.07 Å². The van der Waals surface area contributed by atoms with Gasteiger partial charge in [-0.25, -0.2) is 0 Å². The molecule has 0 spiro atoms. The van der Waals surface area contributed by atoms with Crippen molar-refractivity contribution in [2.75, 3.05) is 7.11 Å². The highest BCUT2D eigenvalue weighted by Crippen LogP contribution is 2.27. The minimum Gasteiger partial charge on any atom is -0.496 e. The van der Waals surface area contributed by atoms with Gasteiger partial charge in [0, 0.05) is 10.9 Å². The van der Waals surface area contributed by atoms with Gasteiger partial charge in [-0.3, -0.25) is 10.1 Å². The third kappa shape index (κ3) is 3.98. The van der Waals surface area contributed by atoms with Crippen molar-refractivity contribution in [1.82, 2.24) is 0 Å². The maximum atomic E-state index is 10.8. The van der Waals surface area contributed by atoms with E-state index in [4.69, 9.17) is 4.74 Å². The van der Waals surface area contributed by atoms with Crippen LogP contribution in [0, 0.1) is 16.0 Å². The molecular weight excluding hydrogens is 298 g/mol. The molecule has 0 heterocycles. The molecule has 0 radical (unpaired) electrons. The normalized spacial score (nSPS) is 14.0. The van der Waals surface area contributed by atoms with E-state index in [-0.39, 0.29) is 10.6 Å². The maximum Gasteiger partial charge on any atom is 0.273 e. The molecule has 0 aliphatic heterocycles. The number of nitro benzene ring substituents is 1. The lowest BCUT2D eigenvalue weighted by atomic mass is 9.96. The van der Waals surface area contributed by atoms with Crippen LogP contribution >= 0.6 is 15.9 Å². The molecule has 0 aliphatic carbocycles. The smallest absolute Gasteiger partial charge is 0.273 e. The number of ether oxygens (including phenoxy) is 1. The molecule has 4 nitrogen and oxygen atoms in total. The average molecular weight is 316 g/mol. The van der Waals surface area contributed by atoms with Crippen LogP contribution in [0.4, 0.5) is 5.69 Å². The Morgan fingerprint density at radius 3 is 2.61 bits per heavy atom. The first-order valence-corrected chi connectivity index (χ1v) is 6.85. The Balaban J connectivity index is 2.94. The first-order chi connectivity index (χ1) is 8.47. The molecule has 5 heteroatoms. The van der Waals surface area contributed by atoms with Gasteiger partial charge in [0.15, 0.2) is 0 Å². The van der Waals surface area contributed by atoms with Crippen LogP contribution in [-0.4, -0.2) is 16.9 Å². The molecule has 18 heavy (non-hydrogen) atoms. The van der Waals surface area contributed by atoms with E-state index in [0.717, 1.165) is 18.4 Å². The second-order valence-corrected chi connectivity index (χ2v) is 5.58. The molecule has 1 aromatic rings. The van der Waals surface area contributed by atoms with Crippen LogP contribution in [-0.2, 0) is 6.42 Å². The molecule has 1 rings (SSSR count). The molecule has 0 N–H and O–H groups in total. The fraction of sp³-hybridized carbons (Fsp3) is 0.538. The number of non-ortho nitro benzene ring substituents is 1. The largest absolute Gasteiger partial charge is 0.496 e. The third-order valence-corrected chi connectivity index (χ3v) is 4.51. The topological polar surface area (TPSA) is 52.4 Å². The molecule has 2 unspecified atom stereocenters. The van der Waals surface area contributed by atoms with Gasteiger partial charge in [-0.05, 0) is 30.4 Å². The van der Waals surface area contributed by atoms with Gasteiger partial charge < -0.3 is 4.74 Å². The summed E-state index contributed by atoms with van der Waals surface area (Å²) >= 11 is 3.62. The van der Waals surface area contributed by atoms with E-state index in [9.17, 15) is 10.1 Å². The molecule has 0 amide bonds. The zero-order chi connectivity index (χ0) is 13.7. The SMILES string of the molecule is CCC(Br)C(C)Cc1cc(OC)cc([N+](=O)[O-])c1. The van der Waals surface area contributed by atoms with Gasteiger partial charge in [0.25, 0.3) is 5.69 Å². The maximum absolute atomic E-state index is 10.8. The Bertz CT molecular complexity index is 423. The molecule has 0 saturated carbocycles. The van der Waals surface area contributed by atoms with Crippen molar-refractivity contribution in [1.29, 1.82) is 0 Å². The van der Waals surface area contributed by atoms with Crippen LogP contribution < -0.4 is 4.74 Å². The fourth-order valence-electron chi connectivity index (χ4n) is 1.89. The van der Waals surface area contributed by atoms with E-state index in [0.29, 0.717) is 16.5 Å². The van der Waals surface area contributed by atoms with E-state index in [2.05, 4.69) is 29.8 Å². The summed E-state index contributed by atoms with van der Waals surface area (Å²) in [6.45, 7) is 4.25. The number of hydrogen-bond acceptors (Lipinski definition) is 3. The minimum absolute atomic E-state index is 0.0826. The molecule has 0 fully saturated rings. The Labute approximate surface area is 116 Å². The predicted molar refractivity (Wildman–Crippen MR) is 75.5 cm³/mol. The predicted octanol–water partition coefficient (Wildman–Crippen LogP) is 3.96. The van der Waals surface area contributed by atoms with Crippen molar-refractivity contribution in [3.63, 3.8) is 0 Å². The van der Waals surface area contributed by atoms with Crippen LogP contribution in [0.3, 0.4) is 0 Å². The Morgan fingerprint density at radius 1 is 1.44 bits per heavy atom. The van der Waals surface area contributed by atoms with Crippen LogP contribution in [0.25, 0.3) is 0 Å². The fourth-order valence-corrected chi connectivity index (χ4v) is 2.07. The molecular formula is C13H18BrNO3. The highest BCUT2D eigenvalue weighted by Gasteiger charge is 2.16. The van der Waals surface area contributed by atoms with E-state index in [1.165, 1.54) is 13.2 Å². The second-order valence-electron chi connectivity index (χ2n) is 4.40. The molecule has 0 aliphatic rings. The quantitative estimate of drug-likeness (QED) is 0.453. The minimum atomic E-state index is -0.387. The summed E-state index contributed by atoms with van der Waals surface area (Å²) in [6.07, 6.45) is 1.83. The monoisotopic (exact) mass is 315 g/mol. The summed E-state index contributed by atoms with van der Waals surface area (Å²) in [5.41, 5.74) is 1.02. The number of nitrogens with zero attached hydrogens (tertiary/aromatic N) is 1. The molecule has 100 valence electrons. The molecule has 1 aromatic carbocycles. The van der Waals surface area contributed by atoms with Crippen molar-refractivity contribution < 1.29 is 9.66 Å². The number of benzene rings is 1. The molecule has 0 saturated heterocycles. The van der Waals surface area contributed by atoms with E-state index in [1.807, 2.05) is 6.07 Å². The lowest BCUT2D eigenvalue weighted by Crippen LogP contribution is -2.12.